The maximum Gasteiger partial charge on any atom is 0.259 e. The zero-order valence-corrected chi connectivity index (χ0v) is 12.1. The number of anilines is 1. The van der Waals surface area contributed by atoms with Crippen molar-refractivity contribution in [1.82, 2.24) is 4.98 Å². The Labute approximate surface area is 131 Å². The minimum Gasteiger partial charge on any atom is -0.304 e. The highest BCUT2D eigenvalue weighted by Crippen LogP contribution is 2.31. The van der Waals surface area contributed by atoms with Gasteiger partial charge in [-0.2, -0.15) is 4.99 Å². The maximum atomic E-state index is 12.7. The Hall–Kier alpha value is -3.30. The van der Waals surface area contributed by atoms with Crippen molar-refractivity contribution in [3.05, 3.63) is 65.9 Å². The van der Waals surface area contributed by atoms with Gasteiger partial charge in [0.25, 0.3) is 5.91 Å². The average molecular weight is 301 g/mol. The maximum absolute atomic E-state index is 12.7. The van der Waals surface area contributed by atoms with Gasteiger partial charge in [-0.15, -0.1) is 0 Å². The minimum absolute atomic E-state index is 0.0915. The van der Waals surface area contributed by atoms with Crippen molar-refractivity contribution in [1.29, 1.82) is 0 Å². The smallest absolute Gasteiger partial charge is 0.259 e. The fourth-order valence-electron chi connectivity index (χ4n) is 2.85. The number of aliphatic imine (C=N–C) groups is 1. The van der Waals surface area contributed by atoms with E-state index in [2.05, 4.69) is 9.98 Å². The SMILES string of the molecule is O=C=Nc1ccc2c(c1)C(=O)N(c1ccc3ncccc3c1)C2. The van der Waals surface area contributed by atoms with Crippen LogP contribution in [0.4, 0.5) is 11.4 Å². The van der Waals surface area contributed by atoms with E-state index < -0.39 is 0 Å². The summed E-state index contributed by atoms with van der Waals surface area (Å²) in [7, 11) is 0. The highest BCUT2D eigenvalue weighted by molar-refractivity contribution is 6.11. The predicted octanol–water partition coefficient (Wildman–Crippen LogP) is 3.36. The normalized spacial score (nSPS) is 13.0. The van der Waals surface area contributed by atoms with Gasteiger partial charge in [0.1, 0.15) is 0 Å². The highest BCUT2D eigenvalue weighted by Gasteiger charge is 2.28. The summed E-state index contributed by atoms with van der Waals surface area (Å²) in [5.41, 5.74) is 3.66. The van der Waals surface area contributed by atoms with E-state index in [-0.39, 0.29) is 5.91 Å². The number of hydrogen-bond donors (Lipinski definition) is 0. The number of amides is 1. The van der Waals surface area contributed by atoms with Gasteiger partial charge in [0.15, 0.2) is 0 Å². The molecule has 1 aliphatic heterocycles. The van der Waals surface area contributed by atoms with Crippen LogP contribution in [0.1, 0.15) is 15.9 Å². The Morgan fingerprint density at radius 1 is 1.13 bits per heavy atom. The molecule has 0 fully saturated rings. The minimum atomic E-state index is -0.0915. The molecule has 0 saturated carbocycles. The summed E-state index contributed by atoms with van der Waals surface area (Å²) in [6.45, 7) is 0.505. The van der Waals surface area contributed by atoms with Crippen LogP contribution in [0.25, 0.3) is 10.9 Å². The molecule has 1 amide bonds. The molecule has 2 heterocycles. The summed E-state index contributed by atoms with van der Waals surface area (Å²) in [6, 6.07) is 14.8. The van der Waals surface area contributed by atoms with E-state index in [1.54, 1.807) is 23.2 Å². The number of carbonyl (C=O) groups excluding carboxylic acids is 2. The molecule has 0 bridgehead atoms. The summed E-state index contributed by atoms with van der Waals surface area (Å²) in [5, 5.41) is 0.986. The Morgan fingerprint density at radius 2 is 2.04 bits per heavy atom. The molecule has 0 spiro atoms. The number of pyridine rings is 1. The Bertz CT molecular complexity index is 990. The van der Waals surface area contributed by atoms with Crippen molar-refractivity contribution in [3.63, 3.8) is 0 Å². The molecule has 4 rings (SSSR count). The Morgan fingerprint density at radius 3 is 2.91 bits per heavy atom. The van der Waals surface area contributed by atoms with Crippen LogP contribution >= 0.6 is 0 Å². The van der Waals surface area contributed by atoms with Gasteiger partial charge in [-0.3, -0.25) is 9.78 Å². The van der Waals surface area contributed by atoms with Crippen molar-refractivity contribution in [2.75, 3.05) is 4.90 Å². The third kappa shape index (κ3) is 2.20. The first kappa shape index (κ1) is 13.4. The monoisotopic (exact) mass is 301 g/mol. The number of carbonyl (C=O) groups is 1. The van der Waals surface area contributed by atoms with E-state index in [0.717, 1.165) is 22.2 Å². The fraction of sp³-hybridized carbons (Fsp3) is 0.0556. The molecule has 0 N–H and O–H groups in total. The molecule has 0 aliphatic carbocycles. The summed E-state index contributed by atoms with van der Waals surface area (Å²) >= 11 is 0. The van der Waals surface area contributed by atoms with Crippen molar-refractivity contribution in [2.45, 2.75) is 6.54 Å². The molecule has 0 unspecified atom stereocenters. The molecular formula is C18H11N3O2. The summed E-state index contributed by atoms with van der Waals surface area (Å²) in [5.74, 6) is -0.0915. The second-order valence-electron chi connectivity index (χ2n) is 5.32. The average Bonchev–Trinajstić information content (AvgIpc) is 2.91. The molecule has 5 heteroatoms. The Balaban J connectivity index is 1.75. The van der Waals surface area contributed by atoms with Gasteiger partial charge in [-0.05, 0) is 42.0 Å². The van der Waals surface area contributed by atoms with Crippen molar-refractivity contribution < 1.29 is 9.59 Å². The number of nitrogens with zero attached hydrogens (tertiary/aromatic N) is 3. The van der Waals surface area contributed by atoms with Crippen LogP contribution in [-0.4, -0.2) is 17.0 Å². The van der Waals surface area contributed by atoms with Gasteiger partial charge in [0.2, 0.25) is 6.08 Å². The molecule has 0 radical (unpaired) electrons. The molecule has 1 aliphatic rings. The van der Waals surface area contributed by atoms with Gasteiger partial charge >= 0.3 is 0 Å². The van der Waals surface area contributed by atoms with E-state index in [1.165, 1.54) is 6.08 Å². The van der Waals surface area contributed by atoms with Crippen LogP contribution in [0.3, 0.4) is 0 Å². The molecule has 0 saturated heterocycles. The number of hydrogen-bond acceptors (Lipinski definition) is 4. The molecule has 2 aromatic carbocycles. The first-order chi connectivity index (χ1) is 11.3. The highest BCUT2D eigenvalue weighted by atomic mass is 16.2. The standard InChI is InChI=1S/C18H11N3O2/c22-11-20-14-4-3-13-10-21(18(23)16(13)9-14)15-5-6-17-12(8-15)2-1-7-19-17/h1-9H,10H2. The van der Waals surface area contributed by atoms with Gasteiger partial charge in [-0.1, -0.05) is 12.1 Å². The van der Waals surface area contributed by atoms with Crippen LogP contribution in [0.5, 0.6) is 0 Å². The third-order valence-electron chi connectivity index (χ3n) is 3.97. The molecule has 3 aromatic rings. The van der Waals surface area contributed by atoms with Crippen LogP contribution in [0, 0.1) is 0 Å². The van der Waals surface area contributed by atoms with E-state index >= 15 is 0 Å². The largest absolute Gasteiger partial charge is 0.304 e. The van der Waals surface area contributed by atoms with E-state index in [1.807, 2.05) is 36.4 Å². The molecule has 23 heavy (non-hydrogen) atoms. The second-order valence-corrected chi connectivity index (χ2v) is 5.32. The quantitative estimate of drug-likeness (QED) is 0.538. The molecular weight excluding hydrogens is 290 g/mol. The Kier molecular flexibility index (Phi) is 3.00. The van der Waals surface area contributed by atoms with Gasteiger partial charge < -0.3 is 4.90 Å². The summed E-state index contributed by atoms with van der Waals surface area (Å²) < 4.78 is 0. The number of benzene rings is 2. The van der Waals surface area contributed by atoms with Gasteiger partial charge in [0, 0.05) is 22.8 Å². The summed E-state index contributed by atoms with van der Waals surface area (Å²) in [4.78, 5) is 32.6. The molecule has 110 valence electrons. The topological polar surface area (TPSA) is 62.6 Å². The predicted molar refractivity (Wildman–Crippen MR) is 86.5 cm³/mol. The van der Waals surface area contributed by atoms with E-state index in [0.29, 0.717) is 17.8 Å². The molecule has 0 atom stereocenters. The number of isocyanates is 1. The van der Waals surface area contributed by atoms with E-state index in [9.17, 15) is 9.59 Å². The number of fused-ring (bicyclic) bond motifs is 2. The van der Waals surface area contributed by atoms with Gasteiger partial charge in [-0.25, -0.2) is 4.79 Å². The van der Waals surface area contributed by atoms with Crippen molar-refractivity contribution in [3.8, 4) is 0 Å². The van der Waals surface area contributed by atoms with Crippen LogP contribution < -0.4 is 4.90 Å². The zero-order valence-electron chi connectivity index (χ0n) is 12.1. The van der Waals surface area contributed by atoms with Gasteiger partial charge in [0.05, 0.1) is 17.7 Å². The summed E-state index contributed by atoms with van der Waals surface area (Å²) in [6.07, 6.45) is 3.24. The van der Waals surface area contributed by atoms with Crippen LogP contribution in [0.2, 0.25) is 0 Å². The lowest BCUT2D eigenvalue weighted by atomic mass is 10.1. The zero-order chi connectivity index (χ0) is 15.8. The lowest BCUT2D eigenvalue weighted by Gasteiger charge is -2.16. The van der Waals surface area contributed by atoms with Crippen molar-refractivity contribution >= 4 is 34.3 Å². The molecule has 5 nitrogen and oxygen atoms in total. The van der Waals surface area contributed by atoms with Crippen molar-refractivity contribution in [2.24, 2.45) is 4.99 Å². The van der Waals surface area contributed by atoms with E-state index in [4.69, 9.17) is 0 Å². The molecule has 1 aromatic heterocycles. The third-order valence-corrected chi connectivity index (χ3v) is 3.97. The number of rotatable bonds is 2. The second kappa shape index (κ2) is 5.16. The first-order valence-electron chi connectivity index (χ1n) is 7.14. The lowest BCUT2D eigenvalue weighted by Crippen LogP contribution is -2.22. The number of aromatic nitrogens is 1. The van der Waals surface area contributed by atoms with Crippen LogP contribution in [0.15, 0.2) is 59.7 Å². The first-order valence-corrected chi connectivity index (χ1v) is 7.14. The lowest BCUT2D eigenvalue weighted by molar-refractivity contribution is 0.0996. The van der Waals surface area contributed by atoms with Crippen LogP contribution in [-0.2, 0) is 11.3 Å². The fourth-order valence-corrected chi connectivity index (χ4v) is 2.85.